The molecule has 2 N–H and O–H groups in total. The maximum Gasteiger partial charge on any atom is 0.316 e. The van der Waals surface area contributed by atoms with Gasteiger partial charge in [-0.1, -0.05) is 23.5 Å². The third-order valence-corrected chi connectivity index (χ3v) is 22.5. The van der Waals surface area contributed by atoms with Gasteiger partial charge in [0.15, 0.2) is 10.2 Å². The lowest BCUT2D eigenvalue weighted by Gasteiger charge is -2.10. The Balaban J connectivity index is 3.35. The monoisotopic (exact) mass is 940 g/mol. The van der Waals surface area contributed by atoms with Crippen molar-refractivity contribution in [1.82, 2.24) is 0 Å². The highest BCUT2D eigenvalue weighted by molar-refractivity contribution is 8.30. The van der Waals surface area contributed by atoms with Crippen molar-refractivity contribution in [2.24, 2.45) is 0 Å². The summed E-state index contributed by atoms with van der Waals surface area (Å²) in [5.74, 6) is 4.44. The topological polar surface area (TPSA) is 133 Å². The maximum atomic E-state index is 12.2. The lowest BCUT2D eigenvalue weighted by atomic mass is 10.8. The number of aliphatic hydroxyl groups excluding tert-OH is 2. The Morgan fingerprint density at radius 3 is 1.49 bits per heavy atom. The summed E-state index contributed by atoms with van der Waals surface area (Å²) in [5, 5.41) is 25.8. The molecule has 0 aromatic carbocycles. The van der Waals surface area contributed by atoms with Crippen molar-refractivity contribution >= 4 is 193 Å². The highest BCUT2D eigenvalue weighted by Gasteiger charge is 2.08. The molecule has 0 heterocycles. The minimum absolute atomic E-state index is 0.165. The number of hydrogen-bond donors (Lipinski definition) is 2. The third kappa shape index (κ3) is 42.3. The predicted octanol–water partition coefficient (Wildman–Crippen LogP) is 7.09. The van der Waals surface area contributed by atoms with Crippen LogP contribution in [0.3, 0.4) is 0 Å². The molecule has 0 aromatic heterocycles. The molecule has 1 unspecified atom stereocenters. The normalized spacial score (nSPS) is 11.9. The molecule has 47 heavy (non-hydrogen) atoms. The summed E-state index contributed by atoms with van der Waals surface area (Å²) in [6, 6.07) is 0. The standard InChI is InChI=1S/C24H44O8S15/c25-1-3-33-12-39-10-31-22(27)7-36-15-41-14-35-5-6-47(30)21-45-19-43-18-44-20-46-24(29)9-38-17-42-16-37-8-23(28)32-11-40-13-34-4-2-26/h25-26H,1-21H2. The zero-order chi connectivity index (χ0) is 34.5. The van der Waals surface area contributed by atoms with Crippen molar-refractivity contribution in [3.05, 3.63) is 0 Å². The van der Waals surface area contributed by atoms with Crippen molar-refractivity contribution in [3.63, 3.8) is 0 Å². The molecule has 0 saturated carbocycles. The predicted molar refractivity (Wildman–Crippen MR) is 238 cm³/mol. The van der Waals surface area contributed by atoms with Crippen LogP contribution in [0.5, 0.6) is 0 Å². The van der Waals surface area contributed by atoms with Crippen LogP contribution in [-0.4, -0.2) is 148 Å². The second-order valence-electron chi connectivity index (χ2n) is 7.75. The molecule has 0 aliphatic heterocycles. The lowest BCUT2D eigenvalue weighted by molar-refractivity contribution is -0.139. The minimum Gasteiger partial charge on any atom is -0.616 e. The molecule has 0 spiro atoms. The average Bonchev–Trinajstić information content (AvgIpc) is 3.06. The number of carbonyl (C=O) groups excluding carboxylic acids is 3. The first kappa shape index (κ1) is 50.7. The summed E-state index contributed by atoms with van der Waals surface area (Å²) >= 11 is 22.0. The van der Waals surface area contributed by atoms with E-state index in [0.717, 1.165) is 51.5 Å². The first-order chi connectivity index (χ1) is 23.0. The molecule has 278 valence electrons. The molecule has 1 atom stereocenters. The van der Waals surface area contributed by atoms with Crippen molar-refractivity contribution in [2.45, 2.75) is 0 Å². The fourth-order valence-electron chi connectivity index (χ4n) is 2.14. The molecule has 8 nitrogen and oxygen atoms in total. The van der Waals surface area contributed by atoms with E-state index in [1.165, 1.54) is 47.0 Å². The van der Waals surface area contributed by atoms with Crippen molar-refractivity contribution in [2.75, 3.05) is 116 Å². The van der Waals surface area contributed by atoms with Gasteiger partial charge in [0.2, 0.25) is 0 Å². The molecular weight excluding hydrogens is 897 g/mol. The van der Waals surface area contributed by atoms with E-state index in [-0.39, 0.29) is 30.3 Å². The van der Waals surface area contributed by atoms with Crippen molar-refractivity contribution in [3.8, 4) is 0 Å². The molecule has 0 fully saturated rings. The molecule has 23 heteroatoms. The van der Waals surface area contributed by atoms with Crippen LogP contribution in [-0.2, 0) is 35.0 Å². The summed E-state index contributed by atoms with van der Waals surface area (Å²) in [4.78, 5) is 35.4. The van der Waals surface area contributed by atoms with Crippen LogP contribution in [0, 0.1) is 0 Å². The number of esters is 2. The number of ether oxygens (including phenoxy) is 2. The van der Waals surface area contributed by atoms with Gasteiger partial charge in [0.1, 0.15) is 17.6 Å². The van der Waals surface area contributed by atoms with E-state index in [1.807, 2.05) is 0 Å². The second kappa shape index (κ2) is 42.5. The van der Waals surface area contributed by atoms with Gasteiger partial charge in [-0.15, -0.1) is 141 Å². The molecule has 0 amide bonds. The Morgan fingerprint density at radius 2 is 0.936 bits per heavy atom. The van der Waals surface area contributed by atoms with Gasteiger partial charge in [-0.3, -0.25) is 14.4 Å². The van der Waals surface area contributed by atoms with E-state index >= 15 is 0 Å². The quantitative estimate of drug-likeness (QED) is 0.0284. The molecular formula is C24H44O8S15. The molecule has 0 rings (SSSR count). The van der Waals surface area contributed by atoms with E-state index in [1.54, 1.807) is 118 Å². The van der Waals surface area contributed by atoms with Gasteiger partial charge in [-0.05, 0) is 11.2 Å². The SMILES string of the molecule is O=C(CSCSCSCC[S+]([O-])CSCSCSCSC(=O)CSCSCSCC(=O)OCSCSCCO)OCSCSCCO. The molecule has 0 bridgehead atoms. The minimum atomic E-state index is -0.820. The summed E-state index contributed by atoms with van der Waals surface area (Å²) in [7, 11) is 0. The fraction of sp³-hybridized carbons (Fsp3) is 0.875. The number of aliphatic hydroxyl groups is 2. The van der Waals surface area contributed by atoms with Gasteiger partial charge >= 0.3 is 11.9 Å². The highest BCUT2D eigenvalue weighted by Crippen LogP contribution is 2.25. The summed E-state index contributed by atoms with van der Waals surface area (Å²) in [6.45, 7) is 0.334. The number of hydrogen-bond acceptors (Lipinski definition) is 22. The van der Waals surface area contributed by atoms with Gasteiger partial charge < -0.3 is 24.2 Å². The van der Waals surface area contributed by atoms with Crippen molar-refractivity contribution < 1.29 is 38.6 Å². The van der Waals surface area contributed by atoms with E-state index in [4.69, 9.17) is 19.7 Å². The van der Waals surface area contributed by atoms with Crippen LogP contribution in [0.1, 0.15) is 0 Å². The Hall–Kier alpha value is 3.74. The van der Waals surface area contributed by atoms with Crippen LogP contribution >= 0.6 is 165 Å². The van der Waals surface area contributed by atoms with Crippen LogP contribution in [0.4, 0.5) is 0 Å². The highest BCUT2D eigenvalue weighted by atomic mass is 32.3. The molecule has 0 saturated heterocycles. The van der Waals surface area contributed by atoms with Crippen LogP contribution in [0.2, 0.25) is 0 Å². The van der Waals surface area contributed by atoms with Crippen LogP contribution in [0.25, 0.3) is 0 Å². The van der Waals surface area contributed by atoms with Gasteiger partial charge in [-0.25, -0.2) is 0 Å². The maximum absolute atomic E-state index is 12.2. The van der Waals surface area contributed by atoms with Crippen molar-refractivity contribution in [1.29, 1.82) is 0 Å². The summed E-state index contributed by atoms with van der Waals surface area (Å²) < 4.78 is 22.5. The number of thioether (sulfide) groups is 14. The fourth-order valence-corrected chi connectivity index (χ4v) is 18.5. The van der Waals surface area contributed by atoms with Gasteiger partial charge in [0.25, 0.3) is 0 Å². The smallest absolute Gasteiger partial charge is 0.316 e. The Labute approximate surface area is 343 Å². The Kier molecular flexibility index (Phi) is 45.9. The zero-order valence-corrected chi connectivity index (χ0v) is 38.1. The van der Waals surface area contributed by atoms with Crippen LogP contribution < -0.4 is 0 Å². The summed E-state index contributed by atoms with van der Waals surface area (Å²) in [5.41, 5.74) is 0. The number of carbonyl (C=O) groups is 3. The van der Waals surface area contributed by atoms with Gasteiger partial charge in [0, 0.05) is 63.0 Å². The van der Waals surface area contributed by atoms with Gasteiger partial charge in [-0.2, -0.15) is 0 Å². The zero-order valence-electron chi connectivity index (χ0n) is 25.8. The first-order valence-corrected chi connectivity index (χ1v) is 31.0. The van der Waals surface area contributed by atoms with Gasteiger partial charge in [0.05, 0.1) is 30.5 Å². The molecule has 0 aliphatic carbocycles. The van der Waals surface area contributed by atoms with E-state index < -0.39 is 11.2 Å². The molecule has 0 aliphatic rings. The lowest BCUT2D eigenvalue weighted by Crippen LogP contribution is -2.11. The molecule has 0 radical (unpaired) electrons. The first-order valence-electron chi connectivity index (χ1n) is 13.5. The molecule has 0 aromatic rings. The third-order valence-electron chi connectivity index (χ3n) is 4.04. The van der Waals surface area contributed by atoms with E-state index in [9.17, 15) is 18.9 Å². The van der Waals surface area contributed by atoms with E-state index in [2.05, 4.69) is 0 Å². The Bertz CT molecular complexity index is 736. The largest absolute Gasteiger partial charge is 0.616 e. The van der Waals surface area contributed by atoms with E-state index in [0.29, 0.717) is 51.5 Å². The Morgan fingerprint density at radius 1 is 0.511 bits per heavy atom. The average molecular weight is 942 g/mol. The second-order valence-corrected chi connectivity index (χ2v) is 27.1. The van der Waals surface area contributed by atoms with Crippen LogP contribution in [0.15, 0.2) is 0 Å². The number of rotatable bonds is 37. The summed E-state index contributed by atoms with van der Waals surface area (Å²) in [6.07, 6.45) is 0.